The zero-order valence-electron chi connectivity index (χ0n) is 10.8. The Morgan fingerprint density at radius 2 is 1.89 bits per heavy atom. The Balaban J connectivity index is 2.28. The fourth-order valence-corrected chi connectivity index (χ4v) is 4.05. The maximum Gasteiger partial charge on any atom is 0.243 e. The topological polar surface area (TPSA) is 58.2 Å². The minimum atomic E-state index is -3.53. The molecule has 0 saturated carbocycles. The third-order valence-electron chi connectivity index (χ3n) is 2.75. The molecular formula is C13H16N2O2S2. The standard InChI is InChI=1S/C13H16N2O2S2/c1-10(12-7-5-9-18-12)15-19(16,17)13-8-4-3-6-11(13)14-2/h3-10,14-15H,1-2H3. The highest BCUT2D eigenvalue weighted by molar-refractivity contribution is 7.89. The first-order chi connectivity index (χ1) is 9.04. The quantitative estimate of drug-likeness (QED) is 0.892. The number of hydrogen-bond donors (Lipinski definition) is 2. The Labute approximate surface area is 117 Å². The minimum absolute atomic E-state index is 0.241. The molecule has 1 aromatic heterocycles. The maximum absolute atomic E-state index is 12.4. The van der Waals surface area contributed by atoms with E-state index in [1.807, 2.05) is 24.4 Å². The van der Waals surface area contributed by atoms with Gasteiger partial charge in [-0.15, -0.1) is 11.3 Å². The Kier molecular flexibility index (Phi) is 4.24. The van der Waals surface area contributed by atoms with Crippen molar-refractivity contribution >= 4 is 27.0 Å². The van der Waals surface area contributed by atoms with Crippen molar-refractivity contribution < 1.29 is 8.42 Å². The first kappa shape index (κ1) is 14.0. The van der Waals surface area contributed by atoms with Gasteiger partial charge in [-0.25, -0.2) is 13.1 Å². The number of thiophene rings is 1. The van der Waals surface area contributed by atoms with Crippen LogP contribution in [0.15, 0.2) is 46.7 Å². The fraction of sp³-hybridized carbons (Fsp3) is 0.231. The van der Waals surface area contributed by atoms with Crippen LogP contribution < -0.4 is 10.0 Å². The predicted molar refractivity (Wildman–Crippen MR) is 79.0 cm³/mol. The van der Waals surface area contributed by atoms with Crippen LogP contribution >= 0.6 is 11.3 Å². The highest BCUT2D eigenvalue weighted by atomic mass is 32.2. The molecule has 0 aliphatic rings. The van der Waals surface area contributed by atoms with E-state index in [9.17, 15) is 8.42 Å². The van der Waals surface area contributed by atoms with Crippen molar-refractivity contribution in [3.05, 3.63) is 46.7 Å². The van der Waals surface area contributed by atoms with Crippen LogP contribution in [0.25, 0.3) is 0 Å². The lowest BCUT2D eigenvalue weighted by molar-refractivity contribution is 0.569. The molecule has 0 fully saturated rings. The molecule has 1 heterocycles. The molecule has 0 bridgehead atoms. The van der Waals surface area contributed by atoms with Crippen LogP contribution in [0.5, 0.6) is 0 Å². The summed E-state index contributed by atoms with van der Waals surface area (Å²) in [6, 6.07) is 10.4. The summed E-state index contributed by atoms with van der Waals surface area (Å²) in [5.74, 6) is 0. The molecule has 102 valence electrons. The summed E-state index contributed by atoms with van der Waals surface area (Å²) in [6.07, 6.45) is 0. The molecule has 2 rings (SSSR count). The zero-order chi connectivity index (χ0) is 13.9. The van der Waals surface area contributed by atoms with Gasteiger partial charge in [0.2, 0.25) is 10.0 Å². The van der Waals surface area contributed by atoms with Gasteiger partial charge in [-0.3, -0.25) is 0 Å². The van der Waals surface area contributed by atoms with Gasteiger partial charge in [0.1, 0.15) is 4.90 Å². The van der Waals surface area contributed by atoms with Crippen molar-refractivity contribution in [1.29, 1.82) is 0 Å². The molecule has 4 nitrogen and oxygen atoms in total. The molecule has 6 heteroatoms. The van der Waals surface area contributed by atoms with E-state index in [4.69, 9.17) is 0 Å². The highest BCUT2D eigenvalue weighted by Gasteiger charge is 2.21. The molecule has 2 aromatic rings. The van der Waals surface area contributed by atoms with E-state index in [-0.39, 0.29) is 10.9 Å². The lowest BCUT2D eigenvalue weighted by atomic mass is 10.3. The highest BCUT2D eigenvalue weighted by Crippen LogP contribution is 2.24. The number of sulfonamides is 1. The van der Waals surface area contributed by atoms with Gasteiger partial charge in [0, 0.05) is 11.9 Å². The van der Waals surface area contributed by atoms with Crippen molar-refractivity contribution in [2.75, 3.05) is 12.4 Å². The van der Waals surface area contributed by atoms with Crippen LogP contribution in [0.3, 0.4) is 0 Å². The SMILES string of the molecule is CNc1ccccc1S(=O)(=O)NC(C)c1cccs1. The van der Waals surface area contributed by atoms with Gasteiger partial charge in [0.25, 0.3) is 0 Å². The molecule has 1 unspecified atom stereocenters. The molecule has 1 aromatic carbocycles. The summed E-state index contributed by atoms with van der Waals surface area (Å²) in [7, 11) is -1.83. The average molecular weight is 296 g/mol. The first-order valence-corrected chi connectivity index (χ1v) is 8.23. The number of para-hydroxylation sites is 1. The molecule has 0 spiro atoms. The van der Waals surface area contributed by atoms with Crippen molar-refractivity contribution in [1.82, 2.24) is 4.72 Å². The van der Waals surface area contributed by atoms with E-state index >= 15 is 0 Å². The molecule has 0 aliphatic carbocycles. The van der Waals surface area contributed by atoms with Gasteiger partial charge in [-0.05, 0) is 30.5 Å². The lowest BCUT2D eigenvalue weighted by Gasteiger charge is -2.15. The van der Waals surface area contributed by atoms with E-state index < -0.39 is 10.0 Å². The van der Waals surface area contributed by atoms with E-state index in [0.29, 0.717) is 5.69 Å². The van der Waals surface area contributed by atoms with E-state index in [1.54, 1.807) is 31.3 Å². The summed E-state index contributed by atoms with van der Waals surface area (Å²) in [5, 5.41) is 4.83. The van der Waals surface area contributed by atoms with E-state index in [2.05, 4.69) is 10.0 Å². The van der Waals surface area contributed by atoms with Crippen molar-refractivity contribution in [3.8, 4) is 0 Å². The minimum Gasteiger partial charge on any atom is -0.387 e. The maximum atomic E-state index is 12.4. The van der Waals surface area contributed by atoms with Crippen LogP contribution in [-0.2, 0) is 10.0 Å². The Hall–Kier alpha value is -1.37. The van der Waals surface area contributed by atoms with Crippen molar-refractivity contribution in [3.63, 3.8) is 0 Å². The molecule has 2 N–H and O–H groups in total. The Morgan fingerprint density at radius 3 is 2.53 bits per heavy atom. The molecule has 19 heavy (non-hydrogen) atoms. The van der Waals surface area contributed by atoms with Gasteiger partial charge >= 0.3 is 0 Å². The second kappa shape index (κ2) is 5.73. The largest absolute Gasteiger partial charge is 0.387 e. The molecule has 0 saturated heterocycles. The normalized spacial score (nSPS) is 13.2. The second-order valence-corrected chi connectivity index (χ2v) is 6.77. The Morgan fingerprint density at radius 1 is 1.16 bits per heavy atom. The van der Waals surface area contributed by atoms with Crippen LogP contribution in [0.4, 0.5) is 5.69 Å². The predicted octanol–water partition coefficient (Wildman–Crippen LogP) is 2.83. The van der Waals surface area contributed by atoms with Gasteiger partial charge < -0.3 is 5.32 Å². The van der Waals surface area contributed by atoms with Gasteiger partial charge in [-0.2, -0.15) is 0 Å². The summed E-state index contributed by atoms with van der Waals surface area (Å²) in [6.45, 7) is 1.84. The van der Waals surface area contributed by atoms with Gasteiger partial charge in [0.05, 0.1) is 11.7 Å². The molecule has 1 atom stereocenters. The van der Waals surface area contributed by atoms with Crippen LogP contribution in [0.1, 0.15) is 17.8 Å². The third-order valence-corrected chi connectivity index (χ3v) is 5.40. The summed E-state index contributed by atoms with van der Waals surface area (Å²) in [4.78, 5) is 1.26. The number of anilines is 1. The zero-order valence-corrected chi connectivity index (χ0v) is 12.4. The summed E-state index contributed by atoms with van der Waals surface area (Å²) >= 11 is 1.53. The second-order valence-electron chi connectivity index (χ2n) is 4.10. The van der Waals surface area contributed by atoms with Gasteiger partial charge in [-0.1, -0.05) is 18.2 Å². The molecule has 0 aliphatic heterocycles. The monoisotopic (exact) mass is 296 g/mol. The van der Waals surface area contributed by atoms with Crippen LogP contribution in [-0.4, -0.2) is 15.5 Å². The molecule has 0 radical (unpaired) electrons. The molecular weight excluding hydrogens is 280 g/mol. The number of benzene rings is 1. The third kappa shape index (κ3) is 3.15. The number of nitrogens with one attached hydrogen (secondary N) is 2. The first-order valence-electron chi connectivity index (χ1n) is 5.87. The van der Waals surface area contributed by atoms with Crippen LogP contribution in [0.2, 0.25) is 0 Å². The molecule has 0 amide bonds. The summed E-state index contributed by atoms with van der Waals surface area (Å²) < 4.78 is 27.4. The van der Waals surface area contributed by atoms with E-state index in [1.165, 1.54) is 11.3 Å². The lowest BCUT2D eigenvalue weighted by Crippen LogP contribution is -2.27. The van der Waals surface area contributed by atoms with E-state index in [0.717, 1.165) is 4.88 Å². The summed E-state index contributed by atoms with van der Waals surface area (Å²) in [5.41, 5.74) is 0.591. The average Bonchev–Trinajstić information content (AvgIpc) is 2.92. The smallest absolute Gasteiger partial charge is 0.243 e. The van der Waals surface area contributed by atoms with Crippen LogP contribution in [0, 0.1) is 0 Å². The van der Waals surface area contributed by atoms with Crippen molar-refractivity contribution in [2.24, 2.45) is 0 Å². The number of rotatable bonds is 5. The fourth-order valence-electron chi connectivity index (χ4n) is 1.80. The van der Waals surface area contributed by atoms with Crippen molar-refractivity contribution in [2.45, 2.75) is 17.9 Å². The number of hydrogen-bond acceptors (Lipinski definition) is 4. The Bertz CT molecular complexity index is 636. The van der Waals surface area contributed by atoms with Gasteiger partial charge in [0.15, 0.2) is 0 Å².